The van der Waals surface area contributed by atoms with Crippen LogP contribution in [-0.2, 0) is 9.53 Å². The molecule has 9 nitrogen and oxygen atoms in total. The van der Waals surface area contributed by atoms with Crippen molar-refractivity contribution in [1.82, 2.24) is 4.57 Å². The van der Waals surface area contributed by atoms with Crippen LogP contribution in [0.15, 0.2) is 58.0 Å². The third kappa shape index (κ3) is 5.61. The predicted octanol–water partition coefficient (Wildman–Crippen LogP) is 3.32. The minimum absolute atomic E-state index is 0.0486. The number of ether oxygens (including phenoxy) is 4. The lowest BCUT2D eigenvalue weighted by Gasteiger charge is -2.23. The summed E-state index contributed by atoms with van der Waals surface area (Å²) in [7, 11) is 1.29. The number of hydrogen-bond acceptors (Lipinski definition) is 9. The van der Waals surface area contributed by atoms with Gasteiger partial charge in [-0.1, -0.05) is 23.5 Å². The van der Waals surface area contributed by atoms with Crippen LogP contribution >= 0.6 is 33.9 Å². The molecule has 0 spiro atoms. The van der Waals surface area contributed by atoms with Gasteiger partial charge in [0, 0.05) is 6.20 Å². The number of carbonyl (C=O) groups is 1. The largest absolute Gasteiger partial charge is 0.490 e. The molecule has 2 heterocycles. The van der Waals surface area contributed by atoms with Crippen LogP contribution in [0.3, 0.4) is 0 Å². The summed E-state index contributed by atoms with van der Waals surface area (Å²) in [6, 6.07) is 12.0. The molecule has 1 aromatic heterocycles. The average Bonchev–Trinajstić information content (AvgIpc) is 3.23. The fraction of sp³-hybridized carbons (Fsp3) is 0.259. The summed E-state index contributed by atoms with van der Waals surface area (Å²) >= 11 is 3.35. The number of hydrogen-bond donors (Lipinski definition) is 0. The molecule has 196 valence electrons. The number of esters is 1. The second-order valence-electron chi connectivity index (χ2n) is 7.88. The maximum absolute atomic E-state index is 13.7. The number of nitriles is 1. The Hall–Kier alpha value is -3.63. The van der Waals surface area contributed by atoms with Crippen molar-refractivity contribution in [2.45, 2.75) is 19.9 Å². The normalized spacial score (nSPS) is 14.6. The molecule has 1 aliphatic rings. The molecule has 0 saturated carbocycles. The molecular weight excluding hydrogens is 621 g/mol. The molecule has 0 bridgehead atoms. The van der Waals surface area contributed by atoms with Crippen molar-refractivity contribution in [2.75, 3.05) is 26.9 Å². The van der Waals surface area contributed by atoms with E-state index in [0.29, 0.717) is 45.4 Å². The molecule has 1 atom stereocenters. The molecule has 3 aromatic rings. The Labute approximate surface area is 236 Å². The number of methoxy groups -OCH3 is 1. The van der Waals surface area contributed by atoms with Gasteiger partial charge in [0.1, 0.15) is 11.8 Å². The molecule has 4 rings (SSSR count). The lowest BCUT2D eigenvalue weighted by molar-refractivity contribution is -0.136. The Kier molecular flexibility index (Phi) is 8.85. The zero-order valence-electron chi connectivity index (χ0n) is 20.9. The van der Waals surface area contributed by atoms with Crippen LogP contribution < -0.4 is 29.1 Å². The topological polar surface area (TPSA) is 112 Å². The van der Waals surface area contributed by atoms with Crippen LogP contribution in [0.4, 0.5) is 0 Å². The van der Waals surface area contributed by atoms with Gasteiger partial charge in [0.15, 0.2) is 22.9 Å². The highest BCUT2D eigenvalue weighted by Crippen LogP contribution is 2.35. The number of aromatic nitrogens is 1. The molecule has 0 aliphatic carbocycles. The number of halogens is 1. The fourth-order valence-electron chi connectivity index (χ4n) is 3.97. The standard InChI is InChI=1S/C27H24IN3O6S/c1-4-35-21-9-7-17(14-22(21)36-5-2)24-18(26(33)34-3)15-30-27-31(24)25(32)23(38-27)13-16-6-8-20(19(28)12-16)37-11-10-29/h6-9,12-15,24H,4-5,11H2,1-3H3/b23-13-/t24-/m0/s1. The summed E-state index contributed by atoms with van der Waals surface area (Å²) < 4.78 is 24.7. The van der Waals surface area contributed by atoms with Gasteiger partial charge in [-0.3, -0.25) is 9.36 Å². The van der Waals surface area contributed by atoms with Gasteiger partial charge < -0.3 is 18.9 Å². The molecular formula is C27H24IN3O6S. The molecule has 0 fully saturated rings. The smallest absolute Gasteiger partial charge is 0.337 e. The zero-order chi connectivity index (χ0) is 27.2. The lowest BCUT2D eigenvalue weighted by atomic mass is 9.97. The molecule has 0 N–H and O–H groups in total. The van der Waals surface area contributed by atoms with Crippen LogP contribution in [0, 0.1) is 14.9 Å². The van der Waals surface area contributed by atoms with Crippen molar-refractivity contribution in [3.63, 3.8) is 0 Å². The van der Waals surface area contributed by atoms with E-state index in [9.17, 15) is 9.59 Å². The number of thiazole rings is 1. The average molecular weight is 645 g/mol. The molecule has 11 heteroatoms. The summed E-state index contributed by atoms with van der Waals surface area (Å²) in [6.07, 6.45) is 3.22. The Morgan fingerprint density at radius 1 is 1.13 bits per heavy atom. The molecule has 0 unspecified atom stereocenters. The van der Waals surface area contributed by atoms with Gasteiger partial charge >= 0.3 is 5.97 Å². The van der Waals surface area contributed by atoms with Gasteiger partial charge in [-0.25, -0.2) is 9.79 Å². The second-order valence-corrected chi connectivity index (χ2v) is 10.1. The first-order valence-electron chi connectivity index (χ1n) is 11.7. The highest BCUT2D eigenvalue weighted by Gasteiger charge is 2.31. The molecule has 0 amide bonds. The molecule has 0 radical (unpaired) electrons. The van der Waals surface area contributed by atoms with Gasteiger partial charge in [-0.15, -0.1) is 0 Å². The van der Waals surface area contributed by atoms with Crippen molar-refractivity contribution in [2.24, 2.45) is 4.99 Å². The summed E-state index contributed by atoms with van der Waals surface area (Å²) in [5.74, 6) is 1.10. The van der Waals surface area contributed by atoms with Crippen LogP contribution in [-0.4, -0.2) is 37.5 Å². The minimum atomic E-state index is -0.766. The first kappa shape index (κ1) is 27.4. The lowest BCUT2D eigenvalue weighted by Crippen LogP contribution is -2.39. The van der Waals surface area contributed by atoms with Crippen LogP contribution in [0.1, 0.15) is 31.0 Å². The van der Waals surface area contributed by atoms with E-state index < -0.39 is 12.0 Å². The predicted molar refractivity (Wildman–Crippen MR) is 150 cm³/mol. The molecule has 0 saturated heterocycles. The Bertz CT molecular complexity index is 1620. The minimum Gasteiger partial charge on any atom is -0.490 e. The van der Waals surface area contributed by atoms with E-state index in [0.717, 1.165) is 9.13 Å². The number of rotatable bonds is 9. The Morgan fingerprint density at radius 2 is 1.87 bits per heavy atom. The molecule has 1 aliphatic heterocycles. The highest BCUT2D eigenvalue weighted by molar-refractivity contribution is 14.1. The Balaban J connectivity index is 1.84. The fourth-order valence-corrected chi connectivity index (χ4v) is 5.64. The first-order valence-corrected chi connectivity index (χ1v) is 13.6. The number of carbonyl (C=O) groups excluding carboxylic acids is 1. The van der Waals surface area contributed by atoms with Gasteiger partial charge in [-0.2, -0.15) is 5.26 Å². The van der Waals surface area contributed by atoms with Crippen molar-refractivity contribution in [3.05, 3.63) is 82.6 Å². The maximum atomic E-state index is 13.7. The Morgan fingerprint density at radius 3 is 2.55 bits per heavy atom. The van der Waals surface area contributed by atoms with Crippen molar-refractivity contribution in [3.8, 4) is 23.3 Å². The maximum Gasteiger partial charge on any atom is 0.337 e. The third-order valence-electron chi connectivity index (χ3n) is 5.55. The van der Waals surface area contributed by atoms with E-state index in [1.165, 1.54) is 29.2 Å². The van der Waals surface area contributed by atoms with E-state index in [1.54, 1.807) is 30.3 Å². The molecule has 2 aromatic carbocycles. The number of benzene rings is 2. The van der Waals surface area contributed by atoms with Crippen molar-refractivity contribution >= 4 is 46.0 Å². The third-order valence-corrected chi connectivity index (χ3v) is 7.39. The highest BCUT2D eigenvalue weighted by atomic mass is 127. The summed E-state index contributed by atoms with van der Waals surface area (Å²) in [5.41, 5.74) is 1.38. The van der Waals surface area contributed by atoms with E-state index in [2.05, 4.69) is 27.6 Å². The van der Waals surface area contributed by atoms with Crippen LogP contribution in [0.25, 0.3) is 6.08 Å². The zero-order valence-corrected chi connectivity index (χ0v) is 23.9. The van der Waals surface area contributed by atoms with E-state index >= 15 is 0 Å². The second kappa shape index (κ2) is 12.3. The SMILES string of the molecule is CCOc1ccc([C@H]2C(C(=O)OC)=CN=c3s/c(=C\c4ccc(OCC#N)c(I)c4)c(=O)n32)cc1OCC. The summed E-state index contributed by atoms with van der Waals surface area (Å²) in [4.78, 5) is 31.3. The summed E-state index contributed by atoms with van der Waals surface area (Å²) in [6.45, 7) is 4.59. The van der Waals surface area contributed by atoms with Crippen LogP contribution in [0.5, 0.6) is 17.2 Å². The summed E-state index contributed by atoms with van der Waals surface area (Å²) in [5, 5.41) is 8.76. The van der Waals surface area contributed by atoms with E-state index in [-0.39, 0.29) is 17.7 Å². The number of nitrogens with zero attached hydrogens (tertiary/aromatic N) is 3. The van der Waals surface area contributed by atoms with E-state index in [1.807, 2.05) is 32.0 Å². The van der Waals surface area contributed by atoms with Gasteiger partial charge in [0.25, 0.3) is 5.56 Å². The van der Waals surface area contributed by atoms with Crippen LogP contribution in [0.2, 0.25) is 0 Å². The van der Waals surface area contributed by atoms with Crippen molar-refractivity contribution < 1.29 is 23.7 Å². The monoisotopic (exact) mass is 645 g/mol. The number of fused-ring (bicyclic) bond motifs is 1. The van der Waals surface area contributed by atoms with Gasteiger partial charge in [0.05, 0.1) is 40.0 Å². The van der Waals surface area contributed by atoms with Crippen molar-refractivity contribution in [1.29, 1.82) is 5.26 Å². The molecule has 38 heavy (non-hydrogen) atoms. The first-order chi connectivity index (χ1) is 18.4. The quantitative estimate of drug-likeness (QED) is 0.259. The van der Waals surface area contributed by atoms with Gasteiger partial charge in [-0.05, 0) is 77.9 Å². The van der Waals surface area contributed by atoms with Gasteiger partial charge in [0.2, 0.25) is 0 Å². The van der Waals surface area contributed by atoms with E-state index in [4.69, 9.17) is 24.2 Å².